The minimum absolute atomic E-state index is 0. The second-order valence-corrected chi connectivity index (χ2v) is 34.8. The molecule has 0 aliphatic rings. The number of thiophene rings is 3. The smallest absolute Gasteiger partial charge is 0.658 e. The van der Waals surface area contributed by atoms with Crippen LogP contribution in [0.1, 0.15) is 113 Å². The molecule has 0 spiro atoms. The first-order valence-corrected chi connectivity index (χ1v) is 43.7. The molecule has 0 fully saturated rings. The zero-order valence-electron chi connectivity index (χ0n) is 67.9. The molecule has 14 aromatic rings. The van der Waals surface area contributed by atoms with Crippen LogP contribution in [-0.4, -0.2) is 119 Å². The van der Waals surface area contributed by atoms with Crippen molar-refractivity contribution in [1.82, 2.24) is 70.3 Å². The maximum absolute atomic E-state index is 14.0. The molecular weight excluding hydrogens is 1730 g/mol. The maximum atomic E-state index is 14.0. The number of halogens is 6. The quantitative estimate of drug-likeness (QED) is 0.0252. The first-order valence-electron chi connectivity index (χ1n) is 36.9. The molecule has 0 unspecified atom stereocenters. The average Bonchev–Trinajstić information content (AvgIpc) is 1.65. The van der Waals surface area contributed by atoms with E-state index < -0.39 is 50.0 Å². The third-order valence-corrected chi connectivity index (χ3v) is 25.3. The number of hydrogen-bond acceptors (Lipinski definition) is 17. The Bertz CT molecular complexity index is 5650. The number of benzene rings is 8. The summed E-state index contributed by atoms with van der Waals surface area (Å²) in [4.78, 5) is 5.08. The predicted octanol–water partition coefficient (Wildman–Crippen LogP) is 19.4. The van der Waals surface area contributed by atoms with Crippen LogP contribution in [0.3, 0.4) is 0 Å². The van der Waals surface area contributed by atoms with Gasteiger partial charge in [-0.1, -0.05) is 317 Å². The van der Waals surface area contributed by atoms with Gasteiger partial charge >= 0.3 is 18.9 Å². The van der Waals surface area contributed by atoms with Gasteiger partial charge in [-0.15, -0.1) is 110 Å². The molecule has 0 aliphatic heterocycles. The second-order valence-electron chi connectivity index (χ2n) is 25.5. The number of alkyl halides is 1. The van der Waals surface area contributed by atoms with Gasteiger partial charge in [0.2, 0.25) is 17.5 Å². The van der Waals surface area contributed by atoms with Crippen molar-refractivity contribution < 1.29 is 44.6 Å². The van der Waals surface area contributed by atoms with Crippen LogP contribution in [0.4, 0.5) is 8.87 Å². The van der Waals surface area contributed by atoms with E-state index >= 15 is 0 Å². The Morgan fingerprint density at radius 2 is 0.789 bits per heavy atom. The van der Waals surface area contributed by atoms with E-state index in [0.29, 0.717) is 44.3 Å². The summed E-state index contributed by atoms with van der Waals surface area (Å²) in [5, 5.41) is 45.0. The Balaban J connectivity index is 0.000000309. The number of rotatable bonds is 19. The normalized spacial score (nSPS) is 10.4. The van der Waals surface area contributed by atoms with E-state index in [2.05, 4.69) is 230 Å². The number of nitrogens with zero attached hydrogens (tertiary/aromatic N) is 13. The molecule has 0 saturated carbocycles. The maximum Gasteiger partial charge on any atom is 1.00 e. The van der Waals surface area contributed by atoms with Crippen LogP contribution >= 0.6 is 80.4 Å². The molecule has 6 heterocycles. The van der Waals surface area contributed by atoms with Gasteiger partial charge in [0, 0.05) is 5.56 Å². The summed E-state index contributed by atoms with van der Waals surface area (Å²) in [6, 6.07) is 79.4. The number of nitrogens with one attached hydrogen (secondary N) is 2. The van der Waals surface area contributed by atoms with Gasteiger partial charge in [-0.25, -0.2) is 21.2 Å². The minimum atomic E-state index is -4.77. The molecule has 0 amide bonds. The first-order chi connectivity index (χ1) is 57.7. The van der Waals surface area contributed by atoms with Crippen LogP contribution in [0, 0.1) is 86.8 Å². The van der Waals surface area contributed by atoms with Crippen LogP contribution < -0.4 is 18.9 Å². The number of tetrazole rings is 3. The largest absolute Gasteiger partial charge is 1.00 e. The molecule has 6 aromatic heterocycles. The van der Waals surface area contributed by atoms with Crippen molar-refractivity contribution >= 4 is 100 Å². The summed E-state index contributed by atoms with van der Waals surface area (Å²) in [7, 11) is -9.53. The molecule has 8 aromatic carbocycles. The van der Waals surface area contributed by atoms with Gasteiger partial charge < -0.3 is 10.2 Å². The molecule has 0 atom stereocenters. The third kappa shape index (κ3) is 29.8. The van der Waals surface area contributed by atoms with Gasteiger partial charge in [-0.2, -0.15) is 10.4 Å². The van der Waals surface area contributed by atoms with Crippen molar-refractivity contribution in [3.63, 3.8) is 0 Å². The Morgan fingerprint density at radius 3 is 1.05 bits per heavy atom. The summed E-state index contributed by atoms with van der Waals surface area (Å²) in [6.07, 6.45) is 9.62. The Kier molecular flexibility index (Phi) is 45.4. The molecule has 19 nitrogen and oxygen atoms in total. The van der Waals surface area contributed by atoms with Crippen molar-refractivity contribution in [3.8, 4) is 92.3 Å². The average molecular weight is 1820 g/mol. The van der Waals surface area contributed by atoms with E-state index in [1.807, 2.05) is 135 Å². The fraction of sp³-hybridized carbons (Fsp3) is 0.207. The molecule has 0 radical (unpaired) electrons. The zero-order valence-corrected chi connectivity index (χ0v) is 75.0. The van der Waals surface area contributed by atoms with Crippen molar-refractivity contribution in [2.45, 2.75) is 116 Å². The predicted molar refractivity (Wildman–Crippen MR) is 497 cm³/mol. The minimum Gasteiger partial charge on any atom is -0.658 e. The molecule has 0 saturated heterocycles. The van der Waals surface area contributed by atoms with Crippen LogP contribution in [-0.2, 0) is 30.5 Å². The van der Waals surface area contributed by atoms with Crippen molar-refractivity contribution in [2.24, 2.45) is 0 Å². The van der Waals surface area contributed by atoms with Crippen LogP contribution in [0.5, 0.6) is 0 Å². The fourth-order valence-electron chi connectivity index (χ4n) is 11.3. The summed E-state index contributed by atoms with van der Waals surface area (Å²) >= 11 is 28.8. The van der Waals surface area contributed by atoms with E-state index in [0.717, 1.165) is 94.2 Å². The Hall–Kier alpha value is -10.7. The van der Waals surface area contributed by atoms with Gasteiger partial charge in [0.15, 0.2) is 11.4 Å². The third-order valence-electron chi connectivity index (χ3n) is 16.8. The van der Waals surface area contributed by atoms with Gasteiger partial charge in [-0.3, -0.25) is 0 Å². The monoisotopic (exact) mass is 1820 g/mol. The first kappa shape index (κ1) is 105. The van der Waals surface area contributed by atoms with E-state index in [-0.39, 0.29) is 38.1 Å². The zero-order chi connectivity index (χ0) is 87.1. The van der Waals surface area contributed by atoms with Crippen LogP contribution in [0.25, 0.3) is 37.4 Å². The van der Waals surface area contributed by atoms with Crippen LogP contribution in [0.2, 0.25) is 13.0 Å². The molecule has 2 N–H and O–H groups in total. The molecule has 123 heavy (non-hydrogen) atoms. The van der Waals surface area contributed by atoms with E-state index in [9.17, 15) is 25.7 Å². The number of hydrogen-bond donors (Lipinski definition) is 2. The van der Waals surface area contributed by atoms with Crippen molar-refractivity contribution in [2.75, 3.05) is 19.6 Å². The number of sulfonamides is 2. The molecular formula is C92H92Cl4F2LiN15O4S5. The SMILES string of the molecule is C.C.C#CC#CC#CC#CC#C.CC(C)[N-]C(C)C.CCN(CC)CC.Cc1c(-c2nn[nH]n2)sc(Cl)c1F.Cc1cc(Cl)sc1-c1nn[nH]n1.Cc1cc(Cl)sc1-c1nnn(C(c2ccccc2)(c2ccccc2)c2ccccc2)n1.ClC(c1ccccc1)(c1ccccc1)c1ccccc1.O=S(=O)(c1ccccc1)N(F)S(=O)(=O)c1ccccc1.[Li+]. The molecule has 0 bridgehead atoms. The molecule has 31 heteroatoms. The topological polar surface area (TPSA) is 241 Å². The van der Waals surface area contributed by atoms with Crippen molar-refractivity contribution in [3.05, 3.63) is 329 Å². The summed E-state index contributed by atoms with van der Waals surface area (Å²) in [6.45, 7) is 24.1. The number of terminal acetylenes is 2. The summed E-state index contributed by atoms with van der Waals surface area (Å²) in [5.41, 5.74) is 8.20. The molecule has 0 aliphatic carbocycles. The second kappa shape index (κ2) is 53.3. The molecule has 632 valence electrons. The van der Waals surface area contributed by atoms with Gasteiger partial charge in [0.25, 0.3) is 20.0 Å². The number of aryl methyl sites for hydroxylation is 2. The van der Waals surface area contributed by atoms with E-state index in [1.165, 1.54) is 78.7 Å². The van der Waals surface area contributed by atoms with E-state index in [4.69, 9.17) is 64.3 Å². The Labute approximate surface area is 766 Å². The van der Waals surface area contributed by atoms with Crippen molar-refractivity contribution in [1.29, 1.82) is 0 Å². The number of H-pyrrole nitrogens is 2. The summed E-state index contributed by atoms with van der Waals surface area (Å²) in [5.74, 6) is 19.5. The number of aromatic nitrogens is 12. The van der Waals surface area contributed by atoms with Gasteiger partial charge in [0.1, 0.15) is 9.21 Å². The molecule has 14 rings (SSSR count). The number of aromatic amines is 2. The Morgan fingerprint density at radius 1 is 0.480 bits per heavy atom. The van der Waals surface area contributed by atoms with Gasteiger partial charge in [-0.05, 0) is 184 Å². The summed E-state index contributed by atoms with van der Waals surface area (Å²) < 4.78 is 75.3. The standard InChI is InChI=1S/C25H19ClN4S.C19H15Cl.C12H10FNO4S2.C10H2.C6H4ClFN4S.C6H5ClN4S.C6H14N.C6H15N.2CH4.Li/c1-18-17-22(26)31-23(18)24-27-29-30(28-24)25(19-11-5-2-6-12-19,20-13-7-3-8-14-20)21-15-9-4-10-16-21;20-19(16-10-4-1-5-11-16,17-12-6-2-7-13-17)18-14-8-3-9-15-18;13-14(19(15,16)11-7-3-1-4-8-11)20(17,18)12-9-5-2-6-10-12;1-3-5-7-9-10-8-6-4-2;1-2-3(8)5(7)13-4(2)6-9-11-12-10-6;1-3-2-4(7)12-5(3)6-8-10-11-9-6;1-5(2)7-6(3)4;1-4-7(5-2)6-3;;;/h2-17H,1H3;1-15H;1-10H;1-2H;1H3,(H,9,10,11,12);2H,1H3,(H,8,9,10,11);5-6H,1-4H3;4-6H2,1-3H3;2*1H4;/q;;;;;;-1;;;;+1. The van der Waals surface area contributed by atoms with E-state index in [1.54, 1.807) is 11.7 Å². The van der Waals surface area contributed by atoms with Crippen LogP contribution in [0.15, 0.2) is 265 Å². The fourth-order valence-corrected chi connectivity index (χ4v) is 18.2. The van der Waals surface area contributed by atoms with Gasteiger partial charge in [0.05, 0.1) is 37.0 Å².